The molecular formula is C18H23N5O4. The van der Waals surface area contributed by atoms with Crippen LogP contribution in [0.5, 0.6) is 0 Å². The highest BCUT2D eigenvalue weighted by Crippen LogP contribution is 2.19. The zero-order valence-corrected chi connectivity index (χ0v) is 15.9. The number of piperazine rings is 1. The van der Waals surface area contributed by atoms with Gasteiger partial charge in [-0.05, 0) is 26.8 Å². The van der Waals surface area contributed by atoms with Gasteiger partial charge in [0.1, 0.15) is 18.1 Å². The first-order valence-corrected chi connectivity index (χ1v) is 8.82. The van der Waals surface area contributed by atoms with E-state index in [0.717, 1.165) is 0 Å². The van der Waals surface area contributed by atoms with Crippen LogP contribution in [0.1, 0.15) is 37.2 Å². The predicted molar refractivity (Wildman–Crippen MR) is 97.0 cm³/mol. The van der Waals surface area contributed by atoms with Crippen LogP contribution >= 0.6 is 0 Å². The Kier molecular flexibility index (Phi) is 5.11. The second-order valence-corrected chi connectivity index (χ2v) is 6.82. The average Bonchev–Trinajstić information content (AvgIpc) is 3.08. The highest BCUT2D eigenvalue weighted by atomic mass is 16.5. The van der Waals surface area contributed by atoms with Gasteiger partial charge >= 0.3 is 5.97 Å². The number of imidazole rings is 1. The van der Waals surface area contributed by atoms with Crippen molar-refractivity contribution in [2.75, 3.05) is 26.7 Å². The van der Waals surface area contributed by atoms with E-state index in [1.165, 1.54) is 23.1 Å². The molecule has 9 heteroatoms. The molecule has 9 nitrogen and oxygen atoms in total. The Bertz CT molecular complexity index is 891. The maximum Gasteiger partial charge on any atom is 0.325 e. The summed E-state index contributed by atoms with van der Waals surface area (Å²) in [5, 5.41) is 0. The molecule has 2 aromatic rings. The minimum absolute atomic E-state index is 0.109. The van der Waals surface area contributed by atoms with Crippen molar-refractivity contribution in [3.05, 3.63) is 24.2 Å². The SMILES string of the molecule is COC(=O)CN1CCN(C(=O)c2cnc3c(c2)ncn3C(C)C)C(C)C1=O. The lowest BCUT2D eigenvalue weighted by atomic mass is 10.1. The summed E-state index contributed by atoms with van der Waals surface area (Å²) in [6, 6.07) is 1.24. The third kappa shape index (κ3) is 3.49. The zero-order chi connectivity index (χ0) is 19.7. The van der Waals surface area contributed by atoms with Gasteiger partial charge in [-0.3, -0.25) is 14.4 Å². The van der Waals surface area contributed by atoms with Gasteiger partial charge in [0.25, 0.3) is 5.91 Å². The van der Waals surface area contributed by atoms with Crippen LogP contribution in [0.15, 0.2) is 18.6 Å². The van der Waals surface area contributed by atoms with Crippen molar-refractivity contribution in [1.82, 2.24) is 24.3 Å². The third-order valence-electron chi connectivity index (χ3n) is 4.77. The van der Waals surface area contributed by atoms with Crippen molar-refractivity contribution in [2.45, 2.75) is 32.9 Å². The van der Waals surface area contributed by atoms with Crippen LogP contribution in [0, 0.1) is 0 Å². The largest absolute Gasteiger partial charge is 0.468 e. The Morgan fingerprint density at radius 1 is 1.30 bits per heavy atom. The standard InChI is InChI=1S/C18H23N5O4/c1-11(2)23-10-20-14-7-13(8-19-16(14)23)18(26)22-6-5-21(9-15(24)27-4)17(25)12(22)3/h7-8,10-12H,5-6,9H2,1-4H3. The summed E-state index contributed by atoms with van der Waals surface area (Å²) >= 11 is 0. The number of pyridine rings is 1. The van der Waals surface area contributed by atoms with Crippen LogP contribution in [0.3, 0.4) is 0 Å². The number of hydrogen-bond donors (Lipinski definition) is 0. The summed E-state index contributed by atoms with van der Waals surface area (Å²) in [5.74, 6) is -1.04. The van der Waals surface area contributed by atoms with E-state index in [0.29, 0.717) is 23.3 Å². The van der Waals surface area contributed by atoms with Crippen molar-refractivity contribution < 1.29 is 19.1 Å². The van der Waals surface area contributed by atoms with E-state index in [4.69, 9.17) is 0 Å². The molecule has 1 atom stereocenters. The molecule has 1 aliphatic heterocycles. The molecule has 0 bridgehead atoms. The summed E-state index contributed by atoms with van der Waals surface area (Å²) in [4.78, 5) is 48.5. The van der Waals surface area contributed by atoms with E-state index >= 15 is 0 Å². The molecule has 0 saturated carbocycles. The number of aromatic nitrogens is 3. The molecule has 0 radical (unpaired) electrons. The van der Waals surface area contributed by atoms with Crippen LogP contribution < -0.4 is 0 Å². The maximum absolute atomic E-state index is 12.9. The monoisotopic (exact) mass is 373 g/mol. The van der Waals surface area contributed by atoms with Crippen LogP contribution in [0.25, 0.3) is 11.2 Å². The maximum atomic E-state index is 12.9. The number of nitrogens with zero attached hydrogens (tertiary/aromatic N) is 5. The molecule has 2 aromatic heterocycles. The molecule has 0 aromatic carbocycles. The van der Waals surface area contributed by atoms with Gasteiger partial charge in [0.15, 0.2) is 5.65 Å². The van der Waals surface area contributed by atoms with Gasteiger partial charge in [0.2, 0.25) is 5.91 Å². The molecule has 0 spiro atoms. The summed E-state index contributed by atoms with van der Waals surface area (Å²) in [6.07, 6.45) is 3.22. The molecule has 1 aliphatic rings. The summed E-state index contributed by atoms with van der Waals surface area (Å²) in [7, 11) is 1.28. The van der Waals surface area contributed by atoms with Gasteiger partial charge in [0, 0.05) is 25.3 Å². The smallest absolute Gasteiger partial charge is 0.325 e. The third-order valence-corrected chi connectivity index (χ3v) is 4.77. The van der Waals surface area contributed by atoms with E-state index in [-0.39, 0.29) is 30.9 Å². The fourth-order valence-corrected chi connectivity index (χ4v) is 3.16. The molecule has 144 valence electrons. The molecular weight excluding hydrogens is 350 g/mol. The second-order valence-electron chi connectivity index (χ2n) is 6.82. The Balaban J connectivity index is 1.79. The van der Waals surface area contributed by atoms with Gasteiger partial charge in [-0.25, -0.2) is 9.97 Å². The molecule has 0 N–H and O–H groups in total. The van der Waals surface area contributed by atoms with Gasteiger partial charge in [-0.2, -0.15) is 0 Å². The number of methoxy groups -OCH3 is 1. The molecule has 3 heterocycles. The quantitative estimate of drug-likeness (QED) is 0.737. The van der Waals surface area contributed by atoms with Crippen LogP contribution in [0.4, 0.5) is 0 Å². The van der Waals surface area contributed by atoms with E-state index < -0.39 is 12.0 Å². The first kappa shape index (κ1) is 18.8. The number of carbonyl (C=O) groups excluding carboxylic acids is 3. The molecule has 3 rings (SSSR count). The Morgan fingerprint density at radius 2 is 2.04 bits per heavy atom. The predicted octanol–water partition coefficient (Wildman–Crippen LogP) is 0.858. The molecule has 0 aliphatic carbocycles. The lowest BCUT2D eigenvalue weighted by molar-refractivity contribution is -0.150. The number of ether oxygens (including phenoxy) is 1. The number of hydrogen-bond acceptors (Lipinski definition) is 6. The lowest BCUT2D eigenvalue weighted by Gasteiger charge is -2.38. The summed E-state index contributed by atoms with van der Waals surface area (Å²) < 4.78 is 6.54. The van der Waals surface area contributed by atoms with Crippen LogP contribution in [0.2, 0.25) is 0 Å². The van der Waals surface area contributed by atoms with Crippen LogP contribution in [-0.4, -0.2) is 74.9 Å². The number of esters is 1. The molecule has 1 saturated heterocycles. The number of rotatable bonds is 4. The van der Waals surface area contributed by atoms with Crippen molar-refractivity contribution in [3.63, 3.8) is 0 Å². The highest BCUT2D eigenvalue weighted by Gasteiger charge is 2.35. The molecule has 1 fully saturated rings. The molecule has 27 heavy (non-hydrogen) atoms. The fourth-order valence-electron chi connectivity index (χ4n) is 3.16. The van der Waals surface area contributed by atoms with Crippen LogP contribution in [-0.2, 0) is 14.3 Å². The topological polar surface area (TPSA) is 97.6 Å². The van der Waals surface area contributed by atoms with Crippen molar-refractivity contribution in [1.29, 1.82) is 0 Å². The lowest BCUT2D eigenvalue weighted by Crippen LogP contribution is -2.58. The highest BCUT2D eigenvalue weighted by molar-refractivity contribution is 5.99. The van der Waals surface area contributed by atoms with Gasteiger partial charge in [-0.15, -0.1) is 0 Å². The van der Waals surface area contributed by atoms with Gasteiger partial charge in [0.05, 0.1) is 19.0 Å². The Hall–Kier alpha value is -2.97. The number of fused-ring (bicyclic) bond motifs is 1. The van der Waals surface area contributed by atoms with Gasteiger partial charge in [-0.1, -0.05) is 0 Å². The van der Waals surface area contributed by atoms with E-state index in [1.807, 2.05) is 18.4 Å². The Morgan fingerprint density at radius 3 is 2.70 bits per heavy atom. The molecule has 1 unspecified atom stereocenters. The first-order chi connectivity index (χ1) is 12.8. The fraction of sp³-hybridized carbons (Fsp3) is 0.500. The minimum Gasteiger partial charge on any atom is -0.468 e. The van der Waals surface area contributed by atoms with Crippen molar-refractivity contribution >= 4 is 28.9 Å². The summed E-state index contributed by atoms with van der Waals surface area (Å²) in [5.41, 5.74) is 1.74. The average molecular weight is 373 g/mol. The van der Waals surface area contributed by atoms with Gasteiger partial charge < -0.3 is 19.1 Å². The number of amides is 2. The second kappa shape index (κ2) is 7.34. The first-order valence-electron chi connectivity index (χ1n) is 8.82. The number of carbonyl (C=O) groups is 3. The van der Waals surface area contributed by atoms with E-state index in [9.17, 15) is 14.4 Å². The summed E-state index contributed by atoms with van der Waals surface area (Å²) in [6.45, 7) is 6.22. The molecule has 2 amide bonds. The van der Waals surface area contributed by atoms with E-state index in [1.54, 1.807) is 19.3 Å². The van der Waals surface area contributed by atoms with E-state index in [2.05, 4.69) is 14.7 Å². The van der Waals surface area contributed by atoms with Crippen molar-refractivity contribution in [3.8, 4) is 0 Å². The zero-order valence-electron chi connectivity index (χ0n) is 15.9. The van der Waals surface area contributed by atoms with Crippen molar-refractivity contribution in [2.24, 2.45) is 0 Å². The normalized spacial score (nSPS) is 17.7. The minimum atomic E-state index is -0.667. The Labute approximate surface area is 156 Å².